The molecule has 2 aromatic rings. The van der Waals surface area contributed by atoms with Crippen LogP contribution in [0.3, 0.4) is 0 Å². The van der Waals surface area contributed by atoms with Gasteiger partial charge in [-0.25, -0.2) is 4.79 Å². The standard InChI is InChI=1S/C18H23NO5/c1-13(2)11-19(8-9-22-3)17(20)12-23-15-6-4-14-5-7-18(21)24-16(14)10-15/h4-7,10,13H,8-9,11-12H2,1-3H3. The van der Waals surface area contributed by atoms with Crippen molar-refractivity contribution in [1.29, 1.82) is 0 Å². The number of fused-ring (bicyclic) bond motifs is 1. The van der Waals surface area contributed by atoms with E-state index in [4.69, 9.17) is 13.9 Å². The van der Waals surface area contributed by atoms with Crippen LogP contribution in [-0.4, -0.2) is 44.2 Å². The molecule has 1 amide bonds. The van der Waals surface area contributed by atoms with Gasteiger partial charge in [0.2, 0.25) is 0 Å². The Balaban J connectivity index is 2.02. The van der Waals surface area contributed by atoms with Gasteiger partial charge in [0, 0.05) is 37.7 Å². The quantitative estimate of drug-likeness (QED) is 0.693. The lowest BCUT2D eigenvalue weighted by molar-refractivity contribution is -0.134. The van der Waals surface area contributed by atoms with Crippen molar-refractivity contribution >= 4 is 16.9 Å². The molecule has 1 aromatic heterocycles. The minimum atomic E-state index is -0.418. The lowest BCUT2D eigenvalue weighted by Crippen LogP contribution is -2.39. The van der Waals surface area contributed by atoms with Crippen molar-refractivity contribution in [2.24, 2.45) is 5.92 Å². The number of rotatable bonds is 8. The molecule has 0 fully saturated rings. The highest BCUT2D eigenvalue weighted by Gasteiger charge is 2.15. The molecule has 0 saturated carbocycles. The van der Waals surface area contributed by atoms with Gasteiger partial charge >= 0.3 is 5.63 Å². The number of methoxy groups -OCH3 is 1. The van der Waals surface area contributed by atoms with Crippen LogP contribution in [0.15, 0.2) is 39.5 Å². The van der Waals surface area contributed by atoms with Gasteiger partial charge in [-0.2, -0.15) is 0 Å². The summed E-state index contributed by atoms with van der Waals surface area (Å²) in [6.45, 7) is 5.71. The van der Waals surface area contributed by atoms with Crippen molar-refractivity contribution in [3.63, 3.8) is 0 Å². The van der Waals surface area contributed by atoms with Gasteiger partial charge < -0.3 is 18.8 Å². The fraction of sp³-hybridized carbons (Fsp3) is 0.444. The van der Waals surface area contributed by atoms with Gasteiger partial charge in [0.25, 0.3) is 5.91 Å². The Morgan fingerprint density at radius 2 is 2.00 bits per heavy atom. The van der Waals surface area contributed by atoms with Gasteiger partial charge in [0.05, 0.1) is 6.61 Å². The first-order chi connectivity index (χ1) is 11.5. The fourth-order valence-corrected chi connectivity index (χ4v) is 2.33. The maximum Gasteiger partial charge on any atom is 0.336 e. The van der Waals surface area contributed by atoms with Gasteiger partial charge in [-0.15, -0.1) is 0 Å². The van der Waals surface area contributed by atoms with E-state index >= 15 is 0 Å². The summed E-state index contributed by atoms with van der Waals surface area (Å²) in [7, 11) is 1.61. The van der Waals surface area contributed by atoms with Crippen LogP contribution in [0, 0.1) is 5.92 Å². The molecule has 6 nitrogen and oxygen atoms in total. The predicted octanol–water partition coefficient (Wildman–Crippen LogP) is 2.30. The smallest absolute Gasteiger partial charge is 0.336 e. The van der Waals surface area contributed by atoms with E-state index < -0.39 is 5.63 Å². The van der Waals surface area contributed by atoms with Crippen LogP contribution in [0.25, 0.3) is 11.0 Å². The summed E-state index contributed by atoms with van der Waals surface area (Å²) in [5, 5.41) is 0.801. The molecule has 1 aromatic carbocycles. The van der Waals surface area contributed by atoms with Crippen molar-refractivity contribution in [3.05, 3.63) is 40.8 Å². The molecule has 6 heteroatoms. The van der Waals surface area contributed by atoms with Gasteiger partial charge in [0.15, 0.2) is 6.61 Å². The third-order valence-electron chi connectivity index (χ3n) is 3.46. The minimum absolute atomic E-state index is 0.0704. The summed E-state index contributed by atoms with van der Waals surface area (Å²) >= 11 is 0. The second kappa shape index (κ2) is 8.49. The van der Waals surface area contributed by atoms with Crippen LogP contribution in [0.1, 0.15) is 13.8 Å². The Labute approximate surface area is 141 Å². The molecule has 0 aliphatic carbocycles. The third kappa shape index (κ3) is 5.09. The highest BCUT2D eigenvalue weighted by atomic mass is 16.5. The number of carbonyl (C=O) groups is 1. The molecular formula is C18H23NO5. The van der Waals surface area contributed by atoms with Crippen molar-refractivity contribution in [2.45, 2.75) is 13.8 Å². The lowest BCUT2D eigenvalue weighted by atomic mass is 10.2. The largest absolute Gasteiger partial charge is 0.484 e. The van der Waals surface area contributed by atoms with Crippen molar-refractivity contribution in [1.82, 2.24) is 4.90 Å². The highest BCUT2D eigenvalue weighted by Crippen LogP contribution is 2.19. The Morgan fingerprint density at radius 3 is 2.71 bits per heavy atom. The number of amides is 1. The van der Waals surface area contributed by atoms with Crippen molar-refractivity contribution in [2.75, 3.05) is 33.4 Å². The molecule has 130 valence electrons. The van der Waals surface area contributed by atoms with E-state index in [1.165, 1.54) is 6.07 Å². The minimum Gasteiger partial charge on any atom is -0.484 e. The summed E-state index contributed by atoms with van der Waals surface area (Å²) in [6.07, 6.45) is 0. The zero-order valence-electron chi connectivity index (χ0n) is 14.3. The molecule has 0 N–H and O–H groups in total. The number of hydrogen-bond donors (Lipinski definition) is 0. The maximum atomic E-state index is 12.3. The van der Waals surface area contributed by atoms with E-state index in [1.807, 2.05) is 0 Å². The molecule has 0 unspecified atom stereocenters. The number of ether oxygens (including phenoxy) is 2. The first-order valence-electron chi connectivity index (χ1n) is 7.93. The van der Waals surface area contributed by atoms with E-state index in [0.717, 1.165) is 5.39 Å². The molecule has 0 radical (unpaired) electrons. The van der Waals surface area contributed by atoms with Crippen LogP contribution >= 0.6 is 0 Å². The van der Waals surface area contributed by atoms with E-state index in [1.54, 1.807) is 36.3 Å². The molecular weight excluding hydrogens is 310 g/mol. The van der Waals surface area contributed by atoms with E-state index in [2.05, 4.69) is 13.8 Å². The zero-order valence-corrected chi connectivity index (χ0v) is 14.3. The molecule has 0 saturated heterocycles. The molecule has 2 rings (SSSR count). The Morgan fingerprint density at radius 1 is 1.25 bits per heavy atom. The summed E-state index contributed by atoms with van der Waals surface area (Å²) in [6, 6.07) is 8.20. The van der Waals surface area contributed by atoms with Crippen LogP contribution in [0.2, 0.25) is 0 Å². The van der Waals surface area contributed by atoms with Gasteiger partial charge in [-0.05, 0) is 24.1 Å². The monoisotopic (exact) mass is 333 g/mol. The molecule has 0 bridgehead atoms. The van der Waals surface area contributed by atoms with Crippen LogP contribution < -0.4 is 10.4 Å². The Bertz CT molecular complexity index is 738. The summed E-state index contributed by atoms with van der Waals surface area (Å²) in [5.74, 6) is 0.748. The number of nitrogens with zero attached hydrogens (tertiary/aromatic N) is 1. The normalized spacial score (nSPS) is 11.0. The second-order valence-corrected chi connectivity index (χ2v) is 5.97. The third-order valence-corrected chi connectivity index (χ3v) is 3.46. The van der Waals surface area contributed by atoms with Gasteiger partial charge in [-0.3, -0.25) is 4.79 Å². The lowest BCUT2D eigenvalue weighted by Gasteiger charge is -2.24. The molecule has 24 heavy (non-hydrogen) atoms. The molecule has 0 aliphatic heterocycles. The topological polar surface area (TPSA) is 69.0 Å². The first-order valence-corrected chi connectivity index (χ1v) is 7.93. The average molecular weight is 333 g/mol. The van der Waals surface area contributed by atoms with Gasteiger partial charge in [0.1, 0.15) is 11.3 Å². The van der Waals surface area contributed by atoms with Crippen LogP contribution in [0.4, 0.5) is 0 Å². The average Bonchev–Trinajstić information content (AvgIpc) is 2.55. The van der Waals surface area contributed by atoms with E-state index in [9.17, 15) is 9.59 Å². The number of carbonyl (C=O) groups excluding carboxylic acids is 1. The van der Waals surface area contributed by atoms with Crippen LogP contribution in [-0.2, 0) is 9.53 Å². The number of hydrogen-bond acceptors (Lipinski definition) is 5. The van der Waals surface area contributed by atoms with Crippen LogP contribution in [0.5, 0.6) is 5.75 Å². The maximum absolute atomic E-state index is 12.3. The second-order valence-electron chi connectivity index (χ2n) is 5.97. The van der Waals surface area contributed by atoms with E-state index in [0.29, 0.717) is 36.9 Å². The molecule has 0 atom stereocenters. The fourth-order valence-electron chi connectivity index (χ4n) is 2.33. The zero-order chi connectivity index (χ0) is 17.5. The number of benzene rings is 1. The summed E-state index contributed by atoms with van der Waals surface area (Å²) in [4.78, 5) is 25.4. The predicted molar refractivity (Wildman–Crippen MR) is 91.3 cm³/mol. The van der Waals surface area contributed by atoms with E-state index in [-0.39, 0.29) is 12.5 Å². The molecule has 0 spiro atoms. The summed E-state index contributed by atoms with van der Waals surface area (Å²) in [5.41, 5.74) is 0.0178. The first kappa shape index (κ1) is 18.0. The van der Waals surface area contributed by atoms with Crippen molar-refractivity contribution in [3.8, 4) is 5.75 Å². The SMILES string of the molecule is COCCN(CC(C)C)C(=O)COc1ccc2ccc(=O)oc2c1. The molecule has 1 heterocycles. The Kier molecular flexibility index (Phi) is 6.37. The highest BCUT2D eigenvalue weighted by molar-refractivity contribution is 5.79. The van der Waals surface area contributed by atoms with Crippen molar-refractivity contribution < 1.29 is 18.7 Å². The summed E-state index contributed by atoms with van der Waals surface area (Å²) < 4.78 is 15.7. The Hall–Kier alpha value is -2.34. The van der Waals surface area contributed by atoms with Gasteiger partial charge in [-0.1, -0.05) is 13.8 Å². The molecule has 0 aliphatic rings.